The Hall–Kier alpha value is -1.74. The van der Waals surface area contributed by atoms with Crippen LogP contribution < -0.4 is 4.74 Å². The lowest BCUT2D eigenvalue weighted by atomic mass is 10.2. The average Bonchev–Trinajstić information content (AvgIpc) is 2.59. The summed E-state index contributed by atoms with van der Waals surface area (Å²) in [4.78, 5) is 11.4. The Bertz CT molecular complexity index is 818. The van der Waals surface area contributed by atoms with Crippen molar-refractivity contribution in [2.45, 2.75) is 6.61 Å². The predicted molar refractivity (Wildman–Crippen MR) is 106 cm³/mol. The van der Waals surface area contributed by atoms with E-state index >= 15 is 0 Å². The molecule has 0 aliphatic carbocycles. The van der Waals surface area contributed by atoms with Crippen molar-refractivity contribution in [1.29, 1.82) is 0 Å². The Balaban J connectivity index is 2.09. The molecule has 2 aromatic rings. The van der Waals surface area contributed by atoms with Crippen molar-refractivity contribution in [2.75, 3.05) is 6.61 Å². The summed E-state index contributed by atoms with van der Waals surface area (Å²) in [6, 6.07) is 11.3. The van der Waals surface area contributed by atoms with E-state index in [0.717, 1.165) is 15.6 Å². The zero-order chi connectivity index (χ0) is 18.2. The standard InChI is InChI=1S/C19H13Br2ClO3/c1-2-9-24-18(23)8-7-13-10-16(21)19(17(22)11-13)25-12-14-5-3-4-6-15(14)20/h1,3-8,10-11H,9,12H2/b8-7+. The predicted octanol–water partition coefficient (Wildman–Crippen LogP) is 5.63. The third-order valence-corrected chi connectivity index (χ3v) is 4.70. The van der Waals surface area contributed by atoms with Crippen molar-refractivity contribution < 1.29 is 14.3 Å². The van der Waals surface area contributed by atoms with Crippen molar-refractivity contribution in [2.24, 2.45) is 0 Å². The quantitative estimate of drug-likeness (QED) is 0.303. The van der Waals surface area contributed by atoms with E-state index < -0.39 is 5.97 Å². The van der Waals surface area contributed by atoms with Crippen LogP contribution in [0.3, 0.4) is 0 Å². The maximum absolute atomic E-state index is 11.4. The number of benzene rings is 2. The number of esters is 1. The molecule has 0 fully saturated rings. The van der Waals surface area contributed by atoms with Crippen LogP contribution in [-0.2, 0) is 16.1 Å². The summed E-state index contributed by atoms with van der Waals surface area (Å²) in [5, 5.41) is 0.429. The Morgan fingerprint density at radius 1 is 1.24 bits per heavy atom. The Morgan fingerprint density at radius 3 is 2.68 bits per heavy atom. The molecule has 3 nitrogen and oxygen atoms in total. The van der Waals surface area contributed by atoms with Gasteiger partial charge in [0.2, 0.25) is 0 Å². The highest BCUT2D eigenvalue weighted by Gasteiger charge is 2.10. The minimum absolute atomic E-state index is 0.0601. The number of hydrogen-bond donors (Lipinski definition) is 0. The fourth-order valence-corrected chi connectivity index (χ4v) is 3.29. The van der Waals surface area contributed by atoms with Gasteiger partial charge in [-0.2, -0.15) is 0 Å². The van der Waals surface area contributed by atoms with Crippen LogP contribution in [0.25, 0.3) is 6.08 Å². The summed E-state index contributed by atoms with van der Waals surface area (Å²) < 4.78 is 12.2. The molecule has 6 heteroatoms. The van der Waals surface area contributed by atoms with Crippen LogP contribution in [0.5, 0.6) is 5.75 Å². The summed E-state index contributed by atoms with van der Waals surface area (Å²) in [6.45, 7) is 0.308. The largest absolute Gasteiger partial charge is 0.486 e. The van der Waals surface area contributed by atoms with Crippen LogP contribution in [0.1, 0.15) is 11.1 Å². The van der Waals surface area contributed by atoms with Gasteiger partial charge in [-0.05, 0) is 45.8 Å². The molecule has 0 unspecified atom stereocenters. The third kappa shape index (κ3) is 5.93. The monoisotopic (exact) mass is 482 g/mol. The lowest BCUT2D eigenvalue weighted by Crippen LogP contribution is -2.00. The van der Waals surface area contributed by atoms with E-state index in [1.54, 1.807) is 18.2 Å². The van der Waals surface area contributed by atoms with E-state index in [-0.39, 0.29) is 6.61 Å². The van der Waals surface area contributed by atoms with Crippen LogP contribution in [-0.4, -0.2) is 12.6 Å². The van der Waals surface area contributed by atoms with E-state index in [9.17, 15) is 4.79 Å². The summed E-state index contributed by atoms with van der Waals surface area (Å²) in [6.07, 6.45) is 7.91. The van der Waals surface area contributed by atoms with Gasteiger partial charge in [0.25, 0.3) is 0 Å². The van der Waals surface area contributed by atoms with Gasteiger partial charge in [0, 0.05) is 16.1 Å². The van der Waals surface area contributed by atoms with Crippen molar-refractivity contribution in [3.05, 3.63) is 67.6 Å². The summed E-state index contributed by atoms with van der Waals surface area (Å²) in [5.41, 5.74) is 1.73. The van der Waals surface area contributed by atoms with Gasteiger partial charge in [0.1, 0.15) is 6.61 Å². The number of ether oxygens (including phenoxy) is 2. The Labute approximate surface area is 168 Å². The molecule has 128 valence electrons. The SMILES string of the molecule is C#CCOC(=O)/C=C/c1cc(Cl)c(OCc2ccccc2Br)c(Br)c1. The molecule has 0 radical (unpaired) electrons. The molecule has 0 amide bonds. The number of carbonyl (C=O) groups is 1. The van der Waals surface area contributed by atoms with E-state index in [2.05, 4.69) is 37.8 Å². The molecule has 0 bridgehead atoms. The van der Waals surface area contributed by atoms with Gasteiger partial charge in [-0.15, -0.1) is 6.42 Å². The summed E-state index contributed by atoms with van der Waals surface area (Å²) in [7, 11) is 0. The van der Waals surface area contributed by atoms with Crippen molar-refractivity contribution >= 4 is 55.5 Å². The first-order valence-electron chi connectivity index (χ1n) is 7.15. The number of hydrogen-bond acceptors (Lipinski definition) is 3. The molecule has 0 spiro atoms. The normalized spacial score (nSPS) is 10.5. The highest BCUT2D eigenvalue weighted by molar-refractivity contribution is 9.10. The smallest absolute Gasteiger partial charge is 0.331 e. The van der Waals surface area contributed by atoms with Gasteiger partial charge < -0.3 is 9.47 Å². The third-order valence-electron chi connectivity index (χ3n) is 3.06. The van der Waals surface area contributed by atoms with E-state index in [1.807, 2.05) is 24.3 Å². The molecule has 2 aromatic carbocycles. The molecule has 0 aromatic heterocycles. The minimum atomic E-state index is -0.514. The molecule has 0 saturated carbocycles. The highest BCUT2D eigenvalue weighted by atomic mass is 79.9. The van der Waals surface area contributed by atoms with Crippen LogP contribution in [0.4, 0.5) is 0 Å². The molecule has 0 aliphatic heterocycles. The topological polar surface area (TPSA) is 35.5 Å². The lowest BCUT2D eigenvalue weighted by molar-refractivity contribution is -0.136. The number of rotatable bonds is 6. The summed E-state index contributed by atoms with van der Waals surface area (Å²) >= 11 is 13.2. The van der Waals surface area contributed by atoms with Gasteiger partial charge in [0.05, 0.1) is 9.50 Å². The molecular formula is C19H13Br2ClO3. The van der Waals surface area contributed by atoms with Crippen LogP contribution in [0.15, 0.2) is 51.4 Å². The van der Waals surface area contributed by atoms with Crippen molar-refractivity contribution in [3.63, 3.8) is 0 Å². The molecular weight excluding hydrogens is 471 g/mol. The Kier molecular flexibility index (Phi) is 7.57. The molecule has 0 heterocycles. The fourth-order valence-electron chi connectivity index (χ4n) is 1.90. The molecule has 2 rings (SSSR count). The van der Waals surface area contributed by atoms with Crippen molar-refractivity contribution in [1.82, 2.24) is 0 Å². The second-order valence-electron chi connectivity index (χ2n) is 4.84. The average molecular weight is 485 g/mol. The summed E-state index contributed by atoms with van der Waals surface area (Å²) in [5.74, 6) is 2.25. The Morgan fingerprint density at radius 2 is 2.00 bits per heavy atom. The van der Waals surface area contributed by atoms with Gasteiger partial charge >= 0.3 is 5.97 Å². The minimum Gasteiger partial charge on any atom is -0.486 e. The maximum Gasteiger partial charge on any atom is 0.331 e. The van der Waals surface area contributed by atoms with Gasteiger partial charge in [-0.3, -0.25) is 0 Å². The van der Waals surface area contributed by atoms with Crippen LogP contribution in [0, 0.1) is 12.3 Å². The maximum atomic E-state index is 11.4. The van der Waals surface area contributed by atoms with Crippen LogP contribution >= 0.6 is 43.5 Å². The molecule has 0 saturated heterocycles. The number of terminal acetylenes is 1. The fraction of sp³-hybridized carbons (Fsp3) is 0.105. The van der Waals surface area contributed by atoms with Gasteiger partial charge in [0.15, 0.2) is 12.4 Å². The first kappa shape index (κ1) is 19.6. The molecule has 25 heavy (non-hydrogen) atoms. The van der Waals surface area contributed by atoms with E-state index in [0.29, 0.717) is 21.9 Å². The molecule has 0 N–H and O–H groups in total. The zero-order valence-corrected chi connectivity index (χ0v) is 16.9. The molecule has 0 aliphatic rings. The second kappa shape index (κ2) is 9.67. The van der Waals surface area contributed by atoms with Gasteiger partial charge in [-0.25, -0.2) is 4.79 Å². The first-order valence-corrected chi connectivity index (χ1v) is 9.11. The van der Waals surface area contributed by atoms with Crippen molar-refractivity contribution in [3.8, 4) is 18.1 Å². The zero-order valence-electron chi connectivity index (χ0n) is 13.0. The second-order valence-corrected chi connectivity index (χ2v) is 6.95. The van der Waals surface area contributed by atoms with Gasteiger partial charge in [-0.1, -0.05) is 51.7 Å². The lowest BCUT2D eigenvalue weighted by Gasteiger charge is -2.12. The molecule has 0 atom stereocenters. The van der Waals surface area contributed by atoms with E-state index in [4.69, 9.17) is 27.5 Å². The number of carbonyl (C=O) groups excluding carboxylic acids is 1. The first-order chi connectivity index (χ1) is 12.0. The van der Waals surface area contributed by atoms with E-state index in [1.165, 1.54) is 6.08 Å². The number of halogens is 3. The van der Waals surface area contributed by atoms with Crippen LogP contribution in [0.2, 0.25) is 5.02 Å². The highest BCUT2D eigenvalue weighted by Crippen LogP contribution is 2.35.